The molecule has 0 saturated carbocycles. The zero-order valence-corrected chi connectivity index (χ0v) is 11.8. The predicted molar refractivity (Wildman–Crippen MR) is 76.2 cm³/mol. The Hall–Kier alpha value is -2.54. The molecule has 2 rings (SSSR count). The maximum Gasteiger partial charge on any atom is 0.236 e. The van der Waals surface area contributed by atoms with Gasteiger partial charge in [0.05, 0.1) is 6.04 Å². The Morgan fingerprint density at radius 1 is 1.41 bits per heavy atom. The molecule has 1 aromatic carbocycles. The molecule has 7 heteroatoms. The molecule has 22 heavy (non-hydrogen) atoms. The number of benzene rings is 1. The molecule has 5 nitrogen and oxygen atoms in total. The summed E-state index contributed by atoms with van der Waals surface area (Å²) in [6, 6.07) is 5.65. The van der Waals surface area contributed by atoms with Crippen molar-refractivity contribution in [1.29, 1.82) is 0 Å². The average molecular weight is 307 g/mol. The van der Waals surface area contributed by atoms with Gasteiger partial charge in [-0.25, -0.2) is 13.8 Å². The van der Waals surface area contributed by atoms with E-state index in [1.807, 2.05) is 0 Å². The van der Waals surface area contributed by atoms with Crippen molar-refractivity contribution in [2.45, 2.75) is 19.5 Å². The Morgan fingerprint density at radius 3 is 2.86 bits per heavy atom. The van der Waals surface area contributed by atoms with Gasteiger partial charge in [-0.3, -0.25) is 4.79 Å². The minimum atomic E-state index is -0.837. The van der Waals surface area contributed by atoms with Crippen molar-refractivity contribution in [1.82, 2.24) is 10.3 Å². The largest absolute Gasteiger partial charge is 0.436 e. The molecular formula is C15H15F2N3O2. The lowest BCUT2D eigenvalue weighted by Gasteiger charge is -2.12. The fraction of sp³-hybridized carbons (Fsp3) is 0.200. The minimum Gasteiger partial charge on any atom is -0.436 e. The topological polar surface area (TPSA) is 77.2 Å². The Bertz CT molecular complexity index is 678. The Morgan fingerprint density at radius 2 is 2.18 bits per heavy atom. The zero-order chi connectivity index (χ0) is 16.1. The molecule has 0 unspecified atom stereocenters. The molecule has 0 aliphatic heterocycles. The molecule has 1 atom stereocenters. The number of carbonyl (C=O) groups is 1. The predicted octanol–water partition coefficient (Wildman–Crippen LogP) is 2.12. The van der Waals surface area contributed by atoms with Crippen LogP contribution in [0.25, 0.3) is 0 Å². The number of carbonyl (C=O) groups excluding carboxylic acids is 1. The van der Waals surface area contributed by atoms with Gasteiger partial charge < -0.3 is 15.8 Å². The Labute approximate surface area is 126 Å². The molecule has 3 N–H and O–H groups in total. The molecule has 116 valence electrons. The number of hydrogen-bond donors (Lipinski definition) is 2. The quantitative estimate of drug-likeness (QED) is 0.887. The number of nitrogens with two attached hydrogens (primary N) is 1. The van der Waals surface area contributed by atoms with Crippen LogP contribution in [0.3, 0.4) is 0 Å². The van der Waals surface area contributed by atoms with Gasteiger partial charge in [0.1, 0.15) is 5.82 Å². The smallest absolute Gasteiger partial charge is 0.236 e. The summed E-state index contributed by atoms with van der Waals surface area (Å²) < 4.78 is 31.8. The van der Waals surface area contributed by atoms with E-state index in [1.165, 1.54) is 12.3 Å². The van der Waals surface area contributed by atoms with Crippen molar-refractivity contribution in [2.24, 2.45) is 5.73 Å². The fourth-order valence-electron chi connectivity index (χ4n) is 1.66. The molecule has 0 bridgehead atoms. The Balaban J connectivity index is 2.16. The van der Waals surface area contributed by atoms with Gasteiger partial charge in [0.25, 0.3) is 0 Å². The van der Waals surface area contributed by atoms with Crippen LogP contribution < -0.4 is 15.8 Å². The van der Waals surface area contributed by atoms with Crippen molar-refractivity contribution in [2.75, 3.05) is 0 Å². The summed E-state index contributed by atoms with van der Waals surface area (Å²) in [5, 5.41) is 2.61. The summed E-state index contributed by atoms with van der Waals surface area (Å²) >= 11 is 0. The first-order valence-electron chi connectivity index (χ1n) is 6.57. The van der Waals surface area contributed by atoms with E-state index in [1.54, 1.807) is 19.1 Å². The molecular weight excluding hydrogens is 292 g/mol. The van der Waals surface area contributed by atoms with E-state index in [9.17, 15) is 13.6 Å². The van der Waals surface area contributed by atoms with Crippen LogP contribution in [0.15, 0.2) is 36.5 Å². The number of ether oxygens (including phenoxy) is 1. The van der Waals surface area contributed by atoms with E-state index in [2.05, 4.69) is 10.3 Å². The second-order valence-corrected chi connectivity index (χ2v) is 4.65. The molecule has 0 spiro atoms. The average Bonchev–Trinajstić information content (AvgIpc) is 2.48. The lowest BCUT2D eigenvalue weighted by molar-refractivity contribution is -0.122. The van der Waals surface area contributed by atoms with Crippen molar-refractivity contribution in [3.05, 3.63) is 53.7 Å². The van der Waals surface area contributed by atoms with Crippen molar-refractivity contribution in [3.63, 3.8) is 0 Å². The van der Waals surface area contributed by atoms with Gasteiger partial charge in [-0.1, -0.05) is 6.07 Å². The molecule has 0 saturated heterocycles. The number of pyridine rings is 1. The van der Waals surface area contributed by atoms with Gasteiger partial charge in [0.2, 0.25) is 11.8 Å². The van der Waals surface area contributed by atoms with Crippen LogP contribution in [-0.4, -0.2) is 16.9 Å². The van der Waals surface area contributed by atoms with Gasteiger partial charge in [0, 0.05) is 24.4 Å². The highest BCUT2D eigenvalue weighted by Crippen LogP contribution is 2.25. The van der Waals surface area contributed by atoms with E-state index < -0.39 is 17.7 Å². The molecule has 0 aliphatic carbocycles. The van der Waals surface area contributed by atoms with E-state index in [0.29, 0.717) is 5.56 Å². The number of halogens is 2. The van der Waals surface area contributed by atoms with Crippen LogP contribution in [-0.2, 0) is 11.3 Å². The summed E-state index contributed by atoms with van der Waals surface area (Å²) in [5.74, 6) is -1.90. The van der Waals surface area contributed by atoms with Crippen molar-refractivity contribution >= 4 is 5.91 Å². The van der Waals surface area contributed by atoms with Gasteiger partial charge >= 0.3 is 0 Å². The summed E-state index contributed by atoms with van der Waals surface area (Å²) in [5.41, 5.74) is 5.99. The SMILES string of the molecule is C[C@H](N)C(=O)NCc1cccnc1Oc1ccc(F)cc1F. The normalized spacial score (nSPS) is 11.8. The van der Waals surface area contributed by atoms with Crippen LogP contribution in [0.2, 0.25) is 0 Å². The molecule has 1 amide bonds. The van der Waals surface area contributed by atoms with E-state index in [-0.39, 0.29) is 24.1 Å². The highest BCUT2D eigenvalue weighted by Gasteiger charge is 2.12. The standard InChI is InChI=1S/C15H15F2N3O2/c1-9(18)14(21)20-8-10-3-2-6-19-15(10)22-13-5-4-11(16)7-12(13)17/h2-7,9H,8,18H2,1H3,(H,20,21)/t9-/m0/s1. The van der Waals surface area contributed by atoms with Gasteiger partial charge in [-0.05, 0) is 25.1 Å². The van der Waals surface area contributed by atoms with E-state index in [4.69, 9.17) is 10.5 Å². The maximum atomic E-state index is 13.6. The van der Waals surface area contributed by atoms with Crippen molar-refractivity contribution in [3.8, 4) is 11.6 Å². The monoisotopic (exact) mass is 307 g/mol. The second-order valence-electron chi connectivity index (χ2n) is 4.65. The molecule has 0 aliphatic rings. The highest BCUT2D eigenvalue weighted by atomic mass is 19.1. The van der Waals surface area contributed by atoms with Crippen LogP contribution in [0.4, 0.5) is 8.78 Å². The van der Waals surface area contributed by atoms with Gasteiger partial charge in [0.15, 0.2) is 11.6 Å². The lowest BCUT2D eigenvalue weighted by atomic mass is 10.2. The first kappa shape index (κ1) is 15.8. The van der Waals surface area contributed by atoms with E-state index >= 15 is 0 Å². The lowest BCUT2D eigenvalue weighted by Crippen LogP contribution is -2.37. The summed E-state index contributed by atoms with van der Waals surface area (Å²) in [7, 11) is 0. The van der Waals surface area contributed by atoms with Crippen molar-refractivity contribution < 1.29 is 18.3 Å². The van der Waals surface area contributed by atoms with Crippen LogP contribution >= 0.6 is 0 Å². The third kappa shape index (κ3) is 3.98. The number of hydrogen-bond acceptors (Lipinski definition) is 4. The van der Waals surface area contributed by atoms with Gasteiger partial charge in [-0.15, -0.1) is 0 Å². The highest BCUT2D eigenvalue weighted by molar-refractivity contribution is 5.80. The molecule has 1 aromatic heterocycles. The third-order valence-corrected chi connectivity index (χ3v) is 2.82. The van der Waals surface area contributed by atoms with Crippen LogP contribution in [0, 0.1) is 11.6 Å². The van der Waals surface area contributed by atoms with Crippen LogP contribution in [0.5, 0.6) is 11.6 Å². The fourth-order valence-corrected chi connectivity index (χ4v) is 1.66. The molecule has 0 fully saturated rings. The number of aromatic nitrogens is 1. The zero-order valence-electron chi connectivity index (χ0n) is 11.8. The Kier molecular flexibility index (Phi) is 5.00. The summed E-state index contributed by atoms with van der Waals surface area (Å²) in [6.45, 7) is 1.69. The number of nitrogens with zero attached hydrogens (tertiary/aromatic N) is 1. The molecule has 2 aromatic rings. The third-order valence-electron chi connectivity index (χ3n) is 2.82. The second kappa shape index (κ2) is 6.95. The number of amides is 1. The number of nitrogens with one attached hydrogen (secondary N) is 1. The molecule has 1 heterocycles. The maximum absolute atomic E-state index is 13.6. The summed E-state index contributed by atoms with van der Waals surface area (Å²) in [4.78, 5) is 15.5. The minimum absolute atomic E-state index is 0.123. The first-order valence-corrected chi connectivity index (χ1v) is 6.57. The summed E-state index contributed by atoms with van der Waals surface area (Å²) in [6.07, 6.45) is 1.47. The molecule has 0 radical (unpaired) electrons. The van der Waals surface area contributed by atoms with Crippen LogP contribution in [0.1, 0.15) is 12.5 Å². The first-order chi connectivity index (χ1) is 10.5. The van der Waals surface area contributed by atoms with Gasteiger partial charge in [-0.2, -0.15) is 0 Å². The van der Waals surface area contributed by atoms with E-state index in [0.717, 1.165) is 12.1 Å². The number of rotatable bonds is 5.